The van der Waals surface area contributed by atoms with Gasteiger partial charge in [-0.3, -0.25) is 19.7 Å². The Hall–Kier alpha value is -4.43. The Balaban J connectivity index is 1.57. The average Bonchev–Trinajstić information content (AvgIpc) is 2.96. The smallest absolute Gasteiger partial charge is 0.337 e. The number of aryl methyl sites for hydroxylation is 1. The minimum absolute atomic E-state index is 0.146. The quantitative estimate of drug-likeness (QED) is 0.135. The number of rotatable bonds is 9. The fraction of sp³-hybridized carbons (Fsp3) is 0.167. The Kier molecular flexibility index (Phi) is 10.0. The molecular weight excluding hydrogens is 693 g/mol. The minimum atomic E-state index is -0.933. The number of carbonyl (C=O) groups excluding carboxylic acids is 5. The van der Waals surface area contributed by atoms with Crippen LogP contribution in [-0.2, 0) is 19.1 Å². The molecular formula is C30H25ClIN3O8. The van der Waals surface area contributed by atoms with Crippen LogP contribution in [0.5, 0.6) is 11.5 Å². The number of halogens is 2. The molecule has 43 heavy (non-hydrogen) atoms. The summed E-state index contributed by atoms with van der Waals surface area (Å²) in [6, 6.07) is 13.0. The second kappa shape index (κ2) is 13.7. The van der Waals surface area contributed by atoms with Crippen molar-refractivity contribution in [2.75, 3.05) is 30.5 Å². The Morgan fingerprint density at radius 1 is 1.05 bits per heavy atom. The summed E-state index contributed by atoms with van der Waals surface area (Å²) in [5.74, 6) is -2.16. The maximum absolute atomic E-state index is 13.3. The highest BCUT2D eigenvalue weighted by Crippen LogP contribution is 2.35. The molecule has 0 radical (unpaired) electrons. The summed E-state index contributed by atoms with van der Waals surface area (Å²) in [6.07, 6.45) is 1.32. The number of methoxy groups -OCH3 is 1. The number of hydrogen-bond acceptors (Lipinski definition) is 8. The first kappa shape index (κ1) is 31.5. The molecule has 1 aliphatic rings. The van der Waals surface area contributed by atoms with Crippen molar-refractivity contribution >= 4 is 81.4 Å². The fourth-order valence-electron chi connectivity index (χ4n) is 4.00. The molecule has 5 amide bonds. The molecule has 1 heterocycles. The van der Waals surface area contributed by atoms with Crippen LogP contribution in [0.15, 0.2) is 60.2 Å². The Labute approximate surface area is 265 Å². The molecule has 4 rings (SSSR count). The first-order valence-corrected chi connectivity index (χ1v) is 14.2. The lowest BCUT2D eigenvalue weighted by molar-refractivity contribution is -0.122. The molecule has 0 bridgehead atoms. The number of nitrogens with one attached hydrogen (secondary N) is 2. The average molecular weight is 718 g/mol. The summed E-state index contributed by atoms with van der Waals surface area (Å²) in [4.78, 5) is 63.7. The van der Waals surface area contributed by atoms with E-state index in [2.05, 4.69) is 15.4 Å². The zero-order valence-corrected chi connectivity index (χ0v) is 26.1. The molecule has 222 valence electrons. The van der Waals surface area contributed by atoms with Gasteiger partial charge in [0.2, 0.25) is 0 Å². The van der Waals surface area contributed by atoms with Crippen LogP contribution in [0.4, 0.5) is 16.2 Å². The predicted octanol–water partition coefficient (Wildman–Crippen LogP) is 5.12. The second-order valence-corrected chi connectivity index (χ2v) is 10.6. The molecule has 11 nitrogen and oxygen atoms in total. The van der Waals surface area contributed by atoms with Gasteiger partial charge >= 0.3 is 12.0 Å². The molecule has 2 N–H and O–H groups in total. The Morgan fingerprint density at radius 3 is 2.42 bits per heavy atom. The van der Waals surface area contributed by atoms with Crippen molar-refractivity contribution < 1.29 is 38.2 Å². The topological polar surface area (TPSA) is 140 Å². The number of anilines is 2. The van der Waals surface area contributed by atoms with E-state index in [9.17, 15) is 24.0 Å². The number of barbiturate groups is 1. The van der Waals surface area contributed by atoms with Crippen molar-refractivity contribution in [3.05, 3.63) is 85.5 Å². The van der Waals surface area contributed by atoms with E-state index < -0.39 is 29.7 Å². The second-order valence-electron chi connectivity index (χ2n) is 9.06. The number of ether oxygens (including phenoxy) is 3. The lowest BCUT2D eigenvalue weighted by atomic mass is 10.1. The summed E-state index contributed by atoms with van der Waals surface area (Å²) < 4.78 is 16.7. The van der Waals surface area contributed by atoms with Gasteiger partial charge in [-0.25, -0.2) is 14.5 Å². The zero-order valence-electron chi connectivity index (χ0n) is 23.2. The molecule has 0 unspecified atom stereocenters. The molecule has 0 saturated carbocycles. The molecule has 3 aromatic carbocycles. The highest BCUT2D eigenvalue weighted by atomic mass is 127. The third kappa shape index (κ3) is 7.32. The van der Waals surface area contributed by atoms with Gasteiger partial charge in [-0.1, -0.05) is 17.7 Å². The Bertz CT molecular complexity index is 1660. The SMILES string of the molecule is CCOc1cc(/C=C2/C(=O)NC(=O)N(c3ccc(C(=O)OC)cc3)C2=O)cc(I)c1OCC(=O)Nc1ccc(C)c(Cl)c1. The van der Waals surface area contributed by atoms with Crippen molar-refractivity contribution in [1.29, 1.82) is 0 Å². The normalized spacial score (nSPS) is 13.9. The number of carbonyl (C=O) groups is 5. The van der Waals surface area contributed by atoms with Crippen LogP contribution in [0, 0.1) is 10.5 Å². The van der Waals surface area contributed by atoms with Gasteiger partial charge in [0.1, 0.15) is 5.57 Å². The number of hydrogen-bond donors (Lipinski definition) is 2. The van der Waals surface area contributed by atoms with E-state index in [4.69, 9.17) is 21.1 Å². The van der Waals surface area contributed by atoms with Crippen molar-refractivity contribution in [1.82, 2.24) is 5.32 Å². The molecule has 1 saturated heterocycles. The molecule has 1 aliphatic heterocycles. The molecule has 0 spiro atoms. The maximum Gasteiger partial charge on any atom is 0.337 e. The summed E-state index contributed by atoms with van der Waals surface area (Å²) in [5, 5.41) is 5.40. The highest BCUT2D eigenvalue weighted by Gasteiger charge is 2.37. The van der Waals surface area contributed by atoms with E-state index in [1.54, 1.807) is 37.3 Å². The zero-order chi connectivity index (χ0) is 31.3. The van der Waals surface area contributed by atoms with Crippen LogP contribution in [0.2, 0.25) is 5.02 Å². The van der Waals surface area contributed by atoms with Crippen LogP contribution in [0.25, 0.3) is 6.08 Å². The minimum Gasteiger partial charge on any atom is -0.490 e. The van der Waals surface area contributed by atoms with Gasteiger partial charge < -0.3 is 19.5 Å². The van der Waals surface area contributed by atoms with Gasteiger partial charge in [0.05, 0.1) is 28.5 Å². The number of amides is 5. The van der Waals surface area contributed by atoms with Gasteiger partial charge in [0, 0.05) is 10.7 Å². The number of benzene rings is 3. The molecule has 0 aliphatic carbocycles. The molecule has 13 heteroatoms. The van der Waals surface area contributed by atoms with Crippen molar-refractivity contribution in [3.8, 4) is 11.5 Å². The lowest BCUT2D eigenvalue weighted by Crippen LogP contribution is -2.54. The lowest BCUT2D eigenvalue weighted by Gasteiger charge is -2.26. The van der Waals surface area contributed by atoms with Crippen LogP contribution in [0.3, 0.4) is 0 Å². The maximum atomic E-state index is 13.3. The molecule has 1 fully saturated rings. The van der Waals surface area contributed by atoms with Crippen LogP contribution in [-0.4, -0.2) is 50.0 Å². The van der Waals surface area contributed by atoms with Crippen LogP contribution in [0.1, 0.15) is 28.4 Å². The van der Waals surface area contributed by atoms with Gasteiger partial charge in [0.15, 0.2) is 18.1 Å². The number of imide groups is 2. The first-order chi connectivity index (χ1) is 20.5. The number of esters is 1. The largest absolute Gasteiger partial charge is 0.490 e. The summed E-state index contributed by atoms with van der Waals surface area (Å²) in [6.45, 7) is 3.56. The number of nitrogens with zero attached hydrogens (tertiary/aromatic N) is 1. The van der Waals surface area contributed by atoms with Gasteiger partial charge in [-0.2, -0.15) is 0 Å². The van der Waals surface area contributed by atoms with E-state index in [1.807, 2.05) is 29.5 Å². The predicted molar refractivity (Wildman–Crippen MR) is 167 cm³/mol. The van der Waals surface area contributed by atoms with Crippen molar-refractivity contribution in [2.45, 2.75) is 13.8 Å². The monoisotopic (exact) mass is 717 g/mol. The van der Waals surface area contributed by atoms with E-state index >= 15 is 0 Å². The van der Waals surface area contributed by atoms with Gasteiger partial charge in [-0.15, -0.1) is 0 Å². The van der Waals surface area contributed by atoms with Crippen molar-refractivity contribution in [2.24, 2.45) is 0 Å². The third-order valence-electron chi connectivity index (χ3n) is 6.09. The summed E-state index contributed by atoms with van der Waals surface area (Å²) >= 11 is 8.12. The summed E-state index contributed by atoms with van der Waals surface area (Å²) in [7, 11) is 1.23. The Morgan fingerprint density at radius 2 is 1.77 bits per heavy atom. The van der Waals surface area contributed by atoms with E-state index in [0.29, 0.717) is 25.6 Å². The van der Waals surface area contributed by atoms with Crippen LogP contribution < -0.4 is 25.0 Å². The highest BCUT2D eigenvalue weighted by molar-refractivity contribution is 14.1. The molecule has 0 aromatic heterocycles. The first-order valence-electron chi connectivity index (χ1n) is 12.8. The van der Waals surface area contributed by atoms with E-state index in [0.717, 1.165) is 10.5 Å². The van der Waals surface area contributed by atoms with Crippen molar-refractivity contribution in [3.63, 3.8) is 0 Å². The summed E-state index contributed by atoms with van der Waals surface area (Å²) in [5.41, 5.74) is 1.87. The number of urea groups is 1. The standard InChI is InChI=1S/C30H25ClIN3O8/c1-4-42-24-13-17(12-23(32)26(24)43-15-25(36)33-19-8-5-16(2)22(31)14-19)11-21-27(37)34-30(40)35(28(21)38)20-9-6-18(7-10-20)29(39)41-3/h5-14H,4,15H2,1-3H3,(H,33,36)(H,34,37,40)/b21-11-. The fourth-order valence-corrected chi connectivity index (χ4v) is 4.96. The van der Waals surface area contributed by atoms with Gasteiger partial charge in [0.25, 0.3) is 17.7 Å². The third-order valence-corrected chi connectivity index (χ3v) is 7.30. The van der Waals surface area contributed by atoms with E-state index in [-0.39, 0.29) is 35.8 Å². The molecule has 0 atom stereocenters. The van der Waals surface area contributed by atoms with Crippen LogP contribution >= 0.6 is 34.2 Å². The molecule has 3 aromatic rings. The van der Waals surface area contributed by atoms with E-state index in [1.165, 1.54) is 37.5 Å². The van der Waals surface area contributed by atoms with Gasteiger partial charge in [-0.05, 0) is 102 Å².